The summed E-state index contributed by atoms with van der Waals surface area (Å²) in [5.41, 5.74) is 3.96. The van der Waals surface area contributed by atoms with E-state index in [0.717, 1.165) is 40.2 Å². The van der Waals surface area contributed by atoms with Crippen molar-refractivity contribution in [1.29, 1.82) is 0 Å². The van der Waals surface area contributed by atoms with Gasteiger partial charge in [0.2, 0.25) is 0 Å². The van der Waals surface area contributed by atoms with Gasteiger partial charge in [0.05, 0.1) is 6.61 Å². The Balaban J connectivity index is 1.66. The molecule has 0 aromatic heterocycles. The van der Waals surface area contributed by atoms with Crippen molar-refractivity contribution in [1.82, 2.24) is 0 Å². The maximum absolute atomic E-state index is 12.2. The second-order valence-corrected chi connectivity index (χ2v) is 6.13. The Morgan fingerprint density at radius 3 is 3.05 bits per heavy atom. The minimum atomic E-state index is -0.363. The molecular formula is C16H13BrN2O2. The van der Waals surface area contributed by atoms with Gasteiger partial charge in [-0.25, -0.2) is 0 Å². The molecule has 1 unspecified atom stereocenters. The number of carbonyl (C=O) groups is 1. The summed E-state index contributed by atoms with van der Waals surface area (Å²) in [6.07, 6.45) is 0.920. The van der Waals surface area contributed by atoms with E-state index in [1.165, 1.54) is 5.56 Å². The van der Waals surface area contributed by atoms with Crippen molar-refractivity contribution < 1.29 is 9.53 Å². The lowest BCUT2D eigenvalue weighted by atomic mass is 10.1. The van der Waals surface area contributed by atoms with Gasteiger partial charge in [0, 0.05) is 27.8 Å². The van der Waals surface area contributed by atoms with E-state index in [0.29, 0.717) is 0 Å². The van der Waals surface area contributed by atoms with Gasteiger partial charge in [0.1, 0.15) is 11.8 Å². The molecule has 0 spiro atoms. The van der Waals surface area contributed by atoms with Gasteiger partial charge in [0.15, 0.2) is 0 Å². The molecule has 4 rings (SSSR count). The number of nitrogens with one attached hydrogen (secondary N) is 2. The molecule has 0 saturated carbocycles. The van der Waals surface area contributed by atoms with Crippen LogP contribution in [0.3, 0.4) is 0 Å². The number of ether oxygens (including phenoxy) is 1. The lowest BCUT2D eigenvalue weighted by Gasteiger charge is -2.14. The van der Waals surface area contributed by atoms with Crippen LogP contribution in [0.5, 0.6) is 5.75 Å². The van der Waals surface area contributed by atoms with Gasteiger partial charge in [0.25, 0.3) is 5.91 Å². The minimum absolute atomic E-state index is 0.0279. The second kappa shape index (κ2) is 4.77. The minimum Gasteiger partial charge on any atom is -0.493 e. The van der Waals surface area contributed by atoms with Crippen LogP contribution in [0, 0.1) is 0 Å². The quantitative estimate of drug-likeness (QED) is 0.876. The molecule has 1 atom stereocenters. The number of amides is 1. The first-order chi connectivity index (χ1) is 10.2. The first-order valence-corrected chi connectivity index (χ1v) is 7.62. The molecule has 106 valence electrons. The third-order valence-electron chi connectivity index (χ3n) is 3.85. The molecule has 0 bridgehead atoms. The Bertz CT molecular complexity index is 745. The van der Waals surface area contributed by atoms with Gasteiger partial charge >= 0.3 is 0 Å². The summed E-state index contributed by atoms with van der Waals surface area (Å²) in [7, 11) is 0. The molecule has 2 aromatic rings. The lowest BCUT2D eigenvalue weighted by molar-refractivity contribution is -0.116. The number of hydrogen-bond acceptors (Lipinski definition) is 3. The number of benzene rings is 2. The number of halogens is 1. The zero-order chi connectivity index (χ0) is 14.4. The van der Waals surface area contributed by atoms with E-state index >= 15 is 0 Å². The average Bonchev–Trinajstić information content (AvgIpc) is 3.04. The van der Waals surface area contributed by atoms with Crippen LogP contribution in [0.15, 0.2) is 40.9 Å². The number of fused-ring (bicyclic) bond motifs is 2. The Morgan fingerprint density at radius 1 is 1.24 bits per heavy atom. The van der Waals surface area contributed by atoms with Crippen LogP contribution < -0.4 is 15.4 Å². The largest absolute Gasteiger partial charge is 0.493 e. The van der Waals surface area contributed by atoms with Crippen molar-refractivity contribution in [2.45, 2.75) is 12.5 Å². The van der Waals surface area contributed by atoms with Crippen molar-refractivity contribution >= 4 is 33.2 Å². The van der Waals surface area contributed by atoms with Gasteiger partial charge in [-0.05, 0) is 42.0 Å². The van der Waals surface area contributed by atoms with Crippen molar-refractivity contribution in [2.75, 3.05) is 17.2 Å². The molecule has 21 heavy (non-hydrogen) atoms. The molecule has 0 fully saturated rings. The van der Waals surface area contributed by atoms with Crippen molar-refractivity contribution in [3.8, 4) is 5.75 Å². The van der Waals surface area contributed by atoms with Crippen LogP contribution in [-0.2, 0) is 11.2 Å². The zero-order valence-corrected chi connectivity index (χ0v) is 12.7. The highest BCUT2D eigenvalue weighted by Crippen LogP contribution is 2.36. The Hall–Kier alpha value is -2.01. The Morgan fingerprint density at radius 2 is 2.14 bits per heavy atom. The van der Waals surface area contributed by atoms with Gasteiger partial charge < -0.3 is 15.4 Å². The van der Waals surface area contributed by atoms with Crippen LogP contribution in [0.1, 0.15) is 17.2 Å². The zero-order valence-electron chi connectivity index (χ0n) is 11.2. The van der Waals surface area contributed by atoms with Crippen molar-refractivity contribution in [3.05, 3.63) is 52.0 Å². The van der Waals surface area contributed by atoms with E-state index in [4.69, 9.17) is 4.74 Å². The fourth-order valence-corrected chi connectivity index (χ4v) is 3.20. The lowest BCUT2D eigenvalue weighted by Crippen LogP contribution is -2.19. The normalized spacial score (nSPS) is 18.7. The first-order valence-electron chi connectivity index (χ1n) is 6.83. The molecule has 2 N–H and O–H groups in total. The maximum Gasteiger partial charge on any atom is 0.251 e. The predicted octanol–water partition coefficient (Wildman–Crippen LogP) is 3.49. The van der Waals surface area contributed by atoms with E-state index in [1.807, 2.05) is 30.3 Å². The van der Waals surface area contributed by atoms with Gasteiger partial charge in [-0.2, -0.15) is 0 Å². The topological polar surface area (TPSA) is 50.4 Å². The molecule has 2 heterocycles. The highest BCUT2D eigenvalue weighted by molar-refractivity contribution is 9.10. The molecular weight excluding hydrogens is 332 g/mol. The highest BCUT2D eigenvalue weighted by Gasteiger charge is 2.30. The van der Waals surface area contributed by atoms with Gasteiger partial charge in [-0.15, -0.1) is 0 Å². The SMILES string of the molecule is O=C1Nc2ccc(Br)cc2C1Nc1ccc2c(c1)CCO2. The van der Waals surface area contributed by atoms with Crippen LogP contribution >= 0.6 is 15.9 Å². The summed E-state index contributed by atoms with van der Waals surface area (Å²) in [6.45, 7) is 0.735. The number of carbonyl (C=O) groups excluding carboxylic acids is 1. The summed E-state index contributed by atoms with van der Waals surface area (Å²) in [5.74, 6) is 0.916. The maximum atomic E-state index is 12.2. The third-order valence-corrected chi connectivity index (χ3v) is 4.34. The van der Waals surface area contributed by atoms with E-state index < -0.39 is 0 Å². The van der Waals surface area contributed by atoms with Gasteiger partial charge in [-0.3, -0.25) is 4.79 Å². The van der Waals surface area contributed by atoms with Crippen molar-refractivity contribution in [2.24, 2.45) is 0 Å². The third kappa shape index (κ3) is 2.17. The molecule has 4 nitrogen and oxygen atoms in total. The number of hydrogen-bond donors (Lipinski definition) is 2. The van der Waals surface area contributed by atoms with E-state index in [9.17, 15) is 4.79 Å². The summed E-state index contributed by atoms with van der Waals surface area (Å²) >= 11 is 3.45. The summed E-state index contributed by atoms with van der Waals surface area (Å²) < 4.78 is 6.47. The second-order valence-electron chi connectivity index (χ2n) is 5.22. The molecule has 5 heteroatoms. The molecule has 0 radical (unpaired) electrons. The smallest absolute Gasteiger partial charge is 0.251 e. The standard InChI is InChI=1S/C16H13BrN2O2/c17-10-1-3-13-12(8-10)15(16(20)19-13)18-11-2-4-14-9(7-11)5-6-21-14/h1-4,7-8,15,18H,5-6H2,(H,19,20). The van der Waals surface area contributed by atoms with Crippen LogP contribution in [0.25, 0.3) is 0 Å². The number of rotatable bonds is 2. The highest BCUT2D eigenvalue weighted by atomic mass is 79.9. The molecule has 1 amide bonds. The molecule has 0 saturated heterocycles. The molecule has 0 aliphatic carbocycles. The Labute approximate surface area is 130 Å². The van der Waals surface area contributed by atoms with E-state index in [1.54, 1.807) is 0 Å². The average molecular weight is 345 g/mol. The predicted molar refractivity (Wildman–Crippen MR) is 84.8 cm³/mol. The van der Waals surface area contributed by atoms with Crippen LogP contribution in [0.4, 0.5) is 11.4 Å². The van der Waals surface area contributed by atoms with Crippen molar-refractivity contribution in [3.63, 3.8) is 0 Å². The first kappa shape index (κ1) is 12.7. The molecule has 2 aliphatic heterocycles. The van der Waals surface area contributed by atoms with Gasteiger partial charge in [-0.1, -0.05) is 15.9 Å². The Kier molecular flexibility index (Phi) is 2.89. The molecule has 2 aliphatic rings. The van der Waals surface area contributed by atoms with E-state index in [2.05, 4.69) is 32.6 Å². The number of anilines is 2. The van der Waals surface area contributed by atoms with Crippen LogP contribution in [-0.4, -0.2) is 12.5 Å². The van der Waals surface area contributed by atoms with Crippen LogP contribution in [0.2, 0.25) is 0 Å². The summed E-state index contributed by atoms with van der Waals surface area (Å²) in [4.78, 5) is 12.2. The monoisotopic (exact) mass is 344 g/mol. The molecule has 2 aromatic carbocycles. The fraction of sp³-hybridized carbons (Fsp3) is 0.188. The summed E-state index contributed by atoms with van der Waals surface area (Å²) in [5, 5.41) is 6.22. The summed E-state index contributed by atoms with van der Waals surface area (Å²) in [6, 6.07) is 11.4. The fourth-order valence-electron chi connectivity index (χ4n) is 2.82. The van der Waals surface area contributed by atoms with E-state index in [-0.39, 0.29) is 11.9 Å².